The summed E-state index contributed by atoms with van der Waals surface area (Å²) in [6.45, 7) is 6.03. The van der Waals surface area contributed by atoms with Gasteiger partial charge in [0, 0.05) is 13.1 Å². The van der Waals surface area contributed by atoms with Gasteiger partial charge >= 0.3 is 0 Å². The highest BCUT2D eigenvalue weighted by Crippen LogP contribution is 2.21. The Morgan fingerprint density at radius 3 is 3.00 bits per heavy atom. The second-order valence-corrected chi connectivity index (χ2v) is 5.04. The van der Waals surface area contributed by atoms with Crippen molar-refractivity contribution in [3.8, 4) is 0 Å². The van der Waals surface area contributed by atoms with Crippen LogP contribution in [0.2, 0.25) is 0 Å². The molecule has 0 bridgehead atoms. The largest absolute Gasteiger partial charge is 0.387 e. The lowest BCUT2D eigenvalue weighted by molar-refractivity contribution is -0.124. The number of aromatic nitrogens is 1. The minimum atomic E-state index is -0.539. The number of pyridine rings is 1. The van der Waals surface area contributed by atoms with Crippen LogP contribution in [0.25, 0.3) is 0 Å². The van der Waals surface area contributed by atoms with Gasteiger partial charge in [0.25, 0.3) is 0 Å². The summed E-state index contributed by atoms with van der Waals surface area (Å²) in [5, 5.41) is 12.6. The fraction of sp³-hybridized carbons (Fsp3) is 0.600. The second kappa shape index (κ2) is 7.38. The molecular weight excluding hydrogens is 270 g/mol. The number of ether oxygens (including phenoxy) is 1. The maximum absolute atomic E-state index is 12.1. The van der Waals surface area contributed by atoms with Crippen LogP contribution in [0.3, 0.4) is 0 Å². The number of hydrogen-bond donors (Lipinski definition) is 2. The number of aliphatic hydroxyl groups is 1. The van der Waals surface area contributed by atoms with E-state index in [9.17, 15) is 9.90 Å². The fourth-order valence-electron chi connectivity index (χ4n) is 2.40. The lowest BCUT2D eigenvalue weighted by atomic mass is 10.1. The normalized spacial score (nSPS) is 20.1. The molecule has 2 atom stereocenters. The molecule has 2 rings (SSSR count). The summed E-state index contributed by atoms with van der Waals surface area (Å²) in [6, 6.07) is 3.38. The van der Waals surface area contributed by atoms with E-state index in [2.05, 4.69) is 10.3 Å². The number of nitrogens with one attached hydrogen (secondary N) is 1. The van der Waals surface area contributed by atoms with Crippen molar-refractivity contribution in [2.24, 2.45) is 0 Å². The Labute approximate surface area is 125 Å². The monoisotopic (exact) mass is 293 g/mol. The van der Waals surface area contributed by atoms with Crippen molar-refractivity contribution in [2.75, 3.05) is 31.2 Å². The topological polar surface area (TPSA) is 74.7 Å². The van der Waals surface area contributed by atoms with Crippen LogP contribution in [0.1, 0.15) is 32.1 Å². The predicted molar refractivity (Wildman–Crippen MR) is 80.1 cm³/mol. The third-order valence-corrected chi connectivity index (χ3v) is 3.61. The van der Waals surface area contributed by atoms with Gasteiger partial charge in [-0.2, -0.15) is 0 Å². The molecule has 1 fully saturated rings. The van der Waals surface area contributed by atoms with Gasteiger partial charge in [-0.1, -0.05) is 6.92 Å². The zero-order valence-electron chi connectivity index (χ0n) is 12.6. The van der Waals surface area contributed by atoms with E-state index in [0.717, 1.165) is 5.69 Å². The molecule has 6 nitrogen and oxygen atoms in total. The lowest BCUT2D eigenvalue weighted by Crippen LogP contribution is -2.54. The van der Waals surface area contributed by atoms with Gasteiger partial charge in [-0.3, -0.25) is 9.78 Å². The third-order valence-electron chi connectivity index (χ3n) is 3.61. The molecule has 1 aliphatic rings. The Morgan fingerprint density at radius 2 is 2.38 bits per heavy atom. The van der Waals surface area contributed by atoms with Crippen molar-refractivity contribution >= 4 is 11.6 Å². The van der Waals surface area contributed by atoms with Crippen LogP contribution >= 0.6 is 0 Å². The van der Waals surface area contributed by atoms with E-state index in [0.29, 0.717) is 38.4 Å². The van der Waals surface area contributed by atoms with E-state index < -0.39 is 6.10 Å². The van der Waals surface area contributed by atoms with Crippen LogP contribution in [0.4, 0.5) is 5.69 Å². The molecule has 1 aromatic heterocycles. The summed E-state index contributed by atoms with van der Waals surface area (Å²) in [5.74, 6) is -0.0325. The number of carbonyl (C=O) groups is 1. The van der Waals surface area contributed by atoms with Crippen LogP contribution in [0.15, 0.2) is 18.3 Å². The summed E-state index contributed by atoms with van der Waals surface area (Å²) in [4.78, 5) is 18.4. The van der Waals surface area contributed by atoms with Gasteiger partial charge in [0.15, 0.2) is 0 Å². The van der Waals surface area contributed by atoms with E-state index in [-0.39, 0.29) is 11.9 Å². The van der Waals surface area contributed by atoms with Crippen molar-refractivity contribution in [1.29, 1.82) is 0 Å². The molecule has 0 spiro atoms. The molecule has 2 unspecified atom stereocenters. The van der Waals surface area contributed by atoms with Crippen LogP contribution in [0.5, 0.6) is 0 Å². The van der Waals surface area contributed by atoms with Gasteiger partial charge in [0.1, 0.15) is 6.04 Å². The van der Waals surface area contributed by atoms with E-state index in [4.69, 9.17) is 4.74 Å². The Kier molecular flexibility index (Phi) is 5.52. The summed E-state index contributed by atoms with van der Waals surface area (Å²) in [5.41, 5.74) is 1.53. The number of morpholine rings is 1. The summed E-state index contributed by atoms with van der Waals surface area (Å²) >= 11 is 0. The zero-order chi connectivity index (χ0) is 15.2. The van der Waals surface area contributed by atoms with Crippen LogP contribution in [0, 0.1) is 0 Å². The minimum Gasteiger partial charge on any atom is -0.387 e. The molecule has 0 saturated carbocycles. The van der Waals surface area contributed by atoms with E-state index >= 15 is 0 Å². The number of likely N-dealkylation sites (N-methyl/N-ethyl adjacent to an activating group) is 1. The van der Waals surface area contributed by atoms with Crippen LogP contribution < -0.4 is 10.2 Å². The number of amides is 1. The Morgan fingerprint density at radius 1 is 1.57 bits per heavy atom. The standard InChI is InChI=1S/C15H23N3O3/c1-3-14(19)12-6-5-11(9-17-12)18-7-8-21-10-13(18)15(20)16-4-2/h5-6,9,13-14,19H,3-4,7-8,10H2,1-2H3,(H,16,20). The van der Waals surface area contributed by atoms with Gasteiger partial charge in [-0.25, -0.2) is 0 Å². The smallest absolute Gasteiger partial charge is 0.245 e. The zero-order valence-corrected chi connectivity index (χ0v) is 12.6. The molecule has 2 N–H and O–H groups in total. The first-order valence-corrected chi connectivity index (χ1v) is 7.43. The lowest BCUT2D eigenvalue weighted by Gasteiger charge is -2.36. The van der Waals surface area contributed by atoms with Crippen LogP contribution in [-0.4, -0.2) is 48.3 Å². The number of aliphatic hydroxyl groups excluding tert-OH is 1. The molecule has 1 amide bonds. The van der Waals surface area contributed by atoms with Gasteiger partial charge in [0.2, 0.25) is 5.91 Å². The van der Waals surface area contributed by atoms with Gasteiger partial charge < -0.3 is 20.1 Å². The highest BCUT2D eigenvalue weighted by atomic mass is 16.5. The molecule has 2 heterocycles. The van der Waals surface area contributed by atoms with Gasteiger partial charge in [-0.05, 0) is 25.5 Å². The first kappa shape index (κ1) is 15.7. The second-order valence-electron chi connectivity index (χ2n) is 5.04. The number of rotatable bonds is 5. The van der Waals surface area contributed by atoms with Crippen molar-refractivity contribution in [3.63, 3.8) is 0 Å². The Bertz CT molecular complexity index is 464. The quantitative estimate of drug-likeness (QED) is 0.842. The third kappa shape index (κ3) is 3.71. The molecule has 1 aromatic rings. The predicted octanol–water partition coefficient (Wildman–Crippen LogP) is 0.866. The average molecular weight is 293 g/mol. The number of nitrogens with zero attached hydrogens (tertiary/aromatic N) is 2. The van der Waals surface area contributed by atoms with E-state index in [1.807, 2.05) is 30.9 Å². The number of carbonyl (C=O) groups excluding carboxylic acids is 1. The Hall–Kier alpha value is -1.66. The molecule has 0 aromatic carbocycles. The van der Waals surface area contributed by atoms with Gasteiger partial charge in [-0.15, -0.1) is 0 Å². The molecule has 116 valence electrons. The summed E-state index contributed by atoms with van der Waals surface area (Å²) < 4.78 is 5.42. The first-order valence-electron chi connectivity index (χ1n) is 7.43. The van der Waals surface area contributed by atoms with Crippen molar-refractivity contribution < 1.29 is 14.6 Å². The van der Waals surface area contributed by atoms with Gasteiger partial charge in [0.05, 0.1) is 36.9 Å². The van der Waals surface area contributed by atoms with E-state index in [1.165, 1.54) is 0 Å². The highest BCUT2D eigenvalue weighted by molar-refractivity contribution is 5.85. The fourth-order valence-corrected chi connectivity index (χ4v) is 2.40. The molecular formula is C15H23N3O3. The number of anilines is 1. The van der Waals surface area contributed by atoms with Crippen LogP contribution in [-0.2, 0) is 9.53 Å². The van der Waals surface area contributed by atoms with Crippen molar-refractivity contribution in [2.45, 2.75) is 32.4 Å². The molecule has 1 saturated heterocycles. The summed E-state index contributed by atoms with van der Waals surface area (Å²) in [7, 11) is 0. The van der Waals surface area contributed by atoms with E-state index in [1.54, 1.807) is 6.20 Å². The Balaban J connectivity index is 2.15. The number of hydrogen-bond acceptors (Lipinski definition) is 5. The maximum Gasteiger partial charge on any atom is 0.245 e. The first-order chi connectivity index (χ1) is 10.2. The maximum atomic E-state index is 12.1. The van der Waals surface area contributed by atoms with Crippen molar-refractivity contribution in [1.82, 2.24) is 10.3 Å². The molecule has 6 heteroatoms. The van der Waals surface area contributed by atoms with Crippen molar-refractivity contribution in [3.05, 3.63) is 24.0 Å². The minimum absolute atomic E-state index is 0.0325. The molecule has 0 aliphatic carbocycles. The average Bonchev–Trinajstić information content (AvgIpc) is 2.54. The molecule has 1 aliphatic heterocycles. The summed E-state index contributed by atoms with van der Waals surface area (Å²) in [6.07, 6.45) is 1.81. The molecule has 0 radical (unpaired) electrons. The SMILES string of the molecule is CCNC(=O)C1COCCN1c1ccc(C(O)CC)nc1. The highest BCUT2D eigenvalue weighted by Gasteiger charge is 2.29. The molecule has 21 heavy (non-hydrogen) atoms.